The van der Waals surface area contributed by atoms with Crippen LogP contribution in [0.4, 0.5) is 0 Å². The van der Waals surface area contributed by atoms with Gasteiger partial charge in [0.25, 0.3) is 0 Å². The van der Waals surface area contributed by atoms with Gasteiger partial charge in [-0.2, -0.15) is 0 Å². The molecule has 3 saturated heterocycles. The first-order chi connectivity index (χ1) is 54.8. The minimum absolute atomic E-state index is 0.231. The summed E-state index contributed by atoms with van der Waals surface area (Å²) in [5.74, 6) is -0.231. The van der Waals surface area contributed by atoms with E-state index in [-0.39, 0.29) is 18.9 Å². The molecule has 3 aliphatic rings. The highest BCUT2D eigenvalue weighted by Gasteiger charge is 2.54. The zero-order valence-corrected chi connectivity index (χ0v) is 72.0. The maximum atomic E-state index is 13.6. The Morgan fingerprint density at radius 2 is 0.562 bits per heavy atom. The molecular weight excluding hydrogens is 1420 g/mol. The lowest BCUT2D eigenvalue weighted by molar-refractivity contribution is -0.379. The van der Waals surface area contributed by atoms with E-state index in [2.05, 4.69) is 31.3 Å². The van der Waals surface area contributed by atoms with E-state index in [0.29, 0.717) is 12.8 Å². The predicted octanol–water partition coefficient (Wildman–Crippen LogP) is 19.0. The molecule has 0 aromatic carbocycles. The molecule has 0 spiro atoms. The Morgan fingerprint density at radius 3 is 0.866 bits per heavy atom. The highest BCUT2D eigenvalue weighted by Crippen LogP contribution is 2.34. The third-order valence-electron chi connectivity index (χ3n) is 24.3. The van der Waals surface area contributed by atoms with E-state index in [1.165, 1.54) is 366 Å². The zero-order valence-electron chi connectivity index (χ0n) is 72.0. The van der Waals surface area contributed by atoms with Gasteiger partial charge < -0.3 is 89.9 Å². The van der Waals surface area contributed by atoms with Gasteiger partial charge in [-0.25, -0.2) is 0 Å². The van der Waals surface area contributed by atoms with Crippen LogP contribution in [0, 0.1) is 0 Å². The summed E-state index contributed by atoms with van der Waals surface area (Å²) in [7, 11) is 0. The number of unbranched alkanes of at least 4 members (excludes halogenated alkanes) is 62. The summed E-state index contributed by atoms with van der Waals surface area (Å²) in [5.41, 5.74) is 0. The van der Waals surface area contributed by atoms with Crippen molar-refractivity contribution in [2.24, 2.45) is 0 Å². The second-order valence-corrected chi connectivity index (χ2v) is 34.5. The molecule has 17 atom stereocenters. The van der Waals surface area contributed by atoms with Crippen LogP contribution in [0.15, 0.2) is 12.2 Å². The Morgan fingerprint density at radius 1 is 0.312 bits per heavy atom. The number of hydrogen-bond donors (Lipinski definition) is 12. The van der Waals surface area contributed by atoms with Crippen LogP contribution >= 0.6 is 0 Å². The van der Waals surface area contributed by atoms with E-state index < -0.39 is 124 Å². The Bertz CT molecular complexity index is 2060. The molecule has 0 radical (unpaired) electrons. The fourth-order valence-corrected chi connectivity index (χ4v) is 16.7. The van der Waals surface area contributed by atoms with Crippen LogP contribution in [0.1, 0.15) is 444 Å². The number of ether oxygens (including phenoxy) is 6. The molecule has 664 valence electrons. The van der Waals surface area contributed by atoms with Crippen LogP contribution in [-0.4, -0.2) is 193 Å². The molecule has 0 aromatic rings. The maximum absolute atomic E-state index is 13.6. The van der Waals surface area contributed by atoms with Crippen LogP contribution < -0.4 is 5.32 Å². The van der Waals surface area contributed by atoms with Gasteiger partial charge in [-0.15, -0.1) is 0 Å². The Kier molecular flexibility index (Phi) is 68.7. The summed E-state index contributed by atoms with van der Waals surface area (Å²) >= 11 is 0. The molecule has 3 fully saturated rings. The molecule has 3 rings (SSSR count). The van der Waals surface area contributed by atoms with Gasteiger partial charge in [-0.3, -0.25) is 4.79 Å². The number of carbonyl (C=O) groups is 1. The Hall–Kier alpha value is -1.47. The van der Waals surface area contributed by atoms with Crippen LogP contribution in [0.2, 0.25) is 0 Å². The normalized spacial score (nSPS) is 24.9. The van der Waals surface area contributed by atoms with Gasteiger partial charge in [-0.1, -0.05) is 411 Å². The summed E-state index contributed by atoms with van der Waals surface area (Å²) in [6.07, 6.45) is 64.9. The molecule has 0 aliphatic carbocycles. The summed E-state index contributed by atoms with van der Waals surface area (Å²) in [6, 6.07) is -0.886. The Balaban J connectivity index is 1.28. The van der Waals surface area contributed by atoms with Gasteiger partial charge in [0.15, 0.2) is 18.9 Å². The van der Waals surface area contributed by atoms with E-state index in [0.717, 1.165) is 44.9 Å². The molecule has 19 nitrogen and oxygen atoms in total. The summed E-state index contributed by atoms with van der Waals surface area (Å²) in [6.45, 7) is 1.89. The lowest BCUT2D eigenvalue weighted by atomic mass is 9.96. The molecule has 19 heteroatoms. The van der Waals surface area contributed by atoms with Crippen molar-refractivity contribution in [1.82, 2.24) is 5.32 Å². The van der Waals surface area contributed by atoms with Crippen molar-refractivity contribution in [2.45, 2.75) is 548 Å². The average molecular weight is 1600 g/mol. The molecule has 0 saturated carbocycles. The molecular formula is C93H179NO18. The lowest BCUT2D eigenvalue weighted by Gasteiger charge is -2.48. The predicted molar refractivity (Wildman–Crippen MR) is 453 cm³/mol. The van der Waals surface area contributed by atoms with Gasteiger partial charge in [-0.05, 0) is 38.5 Å². The molecule has 1 amide bonds. The number of rotatable bonds is 80. The molecule has 3 aliphatic heterocycles. The van der Waals surface area contributed by atoms with Crippen molar-refractivity contribution >= 4 is 5.91 Å². The lowest BCUT2D eigenvalue weighted by Crippen LogP contribution is -2.66. The average Bonchev–Trinajstić information content (AvgIpc) is 0.780. The van der Waals surface area contributed by atoms with Crippen molar-refractivity contribution in [3.8, 4) is 0 Å². The smallest absolute Gasteiger partial charge is 0.220 e. The minimum atomic E-state index is -1.97. The number of allylic oxidation sites excluding steroid dienone is 2. The van der Waals surface area contributed by atoms with Gasteiger partial charge in [0, 0.05) is 6.42 Å². The van der Waals surface area contributed by atoms with Crippen molar-refractivity contribution in [2.75, 3.05) is 26.4 Å². The van der Waals surface area contributed by atoms with Gasteiger partial charge in [0.1, 0.15) is 73.2 Å². The molecule has 12 N–H and O–H groups in total. The number of aliphatic hydroxyl groups is 11. The Labute approximate surface area is 684 Å². The molecule has 112 heavy (non-hydrogen) atoms. The van der Waals surface area contributed by atoms with Crippen molar-refractivity contribution < 1.29 is 89.4 Å². The molecule has 3 heterocycles. The number of amides is 1. The first-order valence-electron chi connectivity index (χ1n) is 47.9. The van der Waals surface area contributed by atoms with E-state index >= 15 is 0 Å². The van der Waals surface area contributed by atoms with Crippen LogP contribution in [-0.2, 0) is 33.2 Å². The van der Waals surface area contributed by atoms with E-state index in [1.54, 1.807) is 0 Å². The first kappa shape index (κ1) is 105. The van der Waals surface area contributed by atoms with Crippen LogP contribution in [0.3, 0.4) is 0 Å². The van der Waals surface area contributed by atoms with Gasteiger partial charge in [0.05, 0.1) is 38.6 Å². The summed E-state index contributed by atoms with van der Waals surface area (Å²) in [5, 5.41) is 121. The minimum Gasteiger partial charge on any atom is -0.394 e. The fourth-order valence-electron chi connectivity index (χ4n) is 16.7. The first-order valence-corrected chi connectivity index (χ1v) is 47.9. The summed E-state index contributed by atoms with van der Waals surface area (Å²) in [4.78, 5) is 13.6. The highest BCUT2D eigenvalue weighted by molar-refractivity contribution is 5.76. The third kappa shape index (κ3) is 51.2. The largest absolute Gasteiger partial charge is 0.394 e. The third-order valence-corrected chi connectivity index (χ3v) is 24.3. The standard InChI is InChI=1S/C93H179NO18/c1-3-5-7-9-11-13-15-17-19-21-23-25-27-29-31-33-34-35-36-37-38-39-40-41-42-43-45-47-49-51-53-55-57-59-61-63-65-67-69-71-81(99)94-76(77(98)70-68-66-64-62-60-58-56-54-52-50-48-46-44-32-30-28-26-24-22-20-18-16-14-12-10-8-6-4-2)75-107-91-87(105)84(102)89(79(73-96)109-91)112-93-88(106)85(103)90(80(74-97)110-93)111-92-86(104)83(101)82(100)78(72-95)108-92/h21,23,76-80,82-93,95-98,100-106H,3-20,22,24-75H2,1-2H3,(H,94,99)/b23-21-. The quantitative estimate of drug-likeness (QED) is 0.0199. The van der Waals surface area contributed by atoms with Crippen molar-refractivity contribution in [1.29, 1.82) is 0 Å². The van der Waals surface area contributed by atoms with E-state index in [1.807, 2.05) is 0 Å². The van der Waals surface area contributed by atoms with Crippen LogP contribution in [0.25, 0.3) is 0 Å². The monoisotopic (exact) mass is 1600 g/mol. The second kappa shape index (κ2) is 73.5. The number of hydrogen-bond acceptors (Lipinski definition) is 18. The van der Waals surface area contributed by atoms with Crippen LogP contribution in [0.5, 0.6) is 0 Å². The van der Waals surface area contributed by atoms with E-state index in [9.17, 15) is 61.0 Å². The second-order valence-electron chi connectivity index (χ2n) is 34.5. The maximum Gasteiger partial charge on any atom is 0.220 e. The van der Waals surface area contributed by atoms with Gasteiger partial charge in [0.2, 0.25) is 5.91 Å². The van der Waals surface area contributed by atoms with Crippen molar-refractivity contribution in [3.05, 3.63) is 12.2 Å². The SMILES string of the molecule is CCCCCCCCCC/C=C\CCCCCCCCCCCCCCCCCCCCCCCCCCCCCC(=O)NC(COC1OC(CO)C(OC2OC(CO)C(OC3OC(CO)C(O)C(O)C3O)C(O)C2O)C(O)C1O)C(O)CCCCCCCCCCCCCCCCCCCCCCCCCCCCCC. The van der Waals surface area contributed by atoms with Gasteiger partial charge >= 0.3 is 0 Å². The van der Waals surface area contributed by atoms with E-state index in [4.69, 9.17) is 28.4 Å². The fraction of sp³-hybridized carbons (Fsp3) is 0.968. The molecule has 0 bridgehead atoms. The van der Waals surface area contributed by atoms with Crippen molar-refractivity contribution in [3.63, 3.8) is 0 Å². The topological polar surface area (TPSA) is 307 Å². The zero-order chi connectivity index (χ0) is 81.0. The highest BCUT2D eigenvalue weighted by atomic mass is 16.8. The number of carbonyl (C=O) groups excluding carboxylic acids is 1. The number of aliphatic hydroxyl groups excluding tert-OH is 11. The molecule has 17 unspecified atom stereocenters. The number of nitrogens with one attached hydrogen (secondary N) is 1. The summed E-state index contributed by atoms with van der Waals surface area (Å²) < 4.78 is 34.6. The molecule has 0 aromatic heterocycles.